The summed E-state index contributed by atoms with van der Waals surface area (Å²) in [5.74, 6) is -2.55. The van der Waals surface area contributed by atoms with Crippen LogP contribution in [0.25, 0.3) is 0 Å². The molecule has 1 aliphatic heterocycles. The zero-order valence-corrected chi connectivity index (χ0v) is 23.5. The van der Waals surface area contributed by atoms with Gasteiger partial charge in [-0.15, -0.1) is 0 Å². The average molecular weight is 531 g/mol. The van der Waals surface area contributed by atoms with Crippen molar-refractivity contribution < 1.29 is 39.5 Å². The second-order valence-electron chi connectivity index (χ2n) is 14.1. The van der Waals surface area contributed by atoms with Crippen LogP contribution in [-0.2, 0) is 19.1 Å². The monoisotopic (exact) mass is 530 g/mol. The van der Waals surface area contributed by atoms with Crippen molar-refractivity contribution in [3.63, 3.8) is 0 Å². The number of epoxide rings is 1. The van der Waals surface area contributed by atoms with Crippen molar-refractivity contribution in [2.45, 2.75) is 110 Å². The zero-order valence-electron chi connectivity index (χ0n) is 23.5. The third-order valence-electron chi connectivity index (χ3n) is 11.8. The summed E-state index contributed by atoms with van der Waals surface area (Å²) in [6.07, 6.45) is 2.83. The minimum absolute atomic E-state index is 0.103. The van der Waals surface area contributed by atoms with Crippen LogP contribution < -0.4 is 0 Å². The molecule has 10 atom stereocenters. The third-order valence-corrected chi connectivity index (χ3v) is 11.8. The van der Waals surface area contributed by atoms with Gasteiger partial charge in [-0.1, -0.05) is 40.7 Å². The van der Waals surface area contributed by atoms with Crippen molar-refractivity contribution in [3.05, 3.63) is 23.3 Å². The Morgan fingerprint density at radius 1 is 1.18 bits per heavy atom. The summed E-state index contributed by atoms with van der Waals surface area (Å²) < 4.78 is 6.55. The first-order valence-corrected chi connectivity index (χ1v) is 13.8. The van der Waals surface area contributed by atoms with Crippen molar-refractivity contribution in [1.82, 2.24) is 0 Å². The number of rotatable bonds is 6. The summed E-state index contributed by atoms with van der Waals surface area (Å²) in [6, 6.07) is 0. The highest BCUT2D eigenvalue weighted by Crippen LogP contribution is 2.78. The number of carbonyl (C=O) groups is 3. The van der Waals surface area contributed by atoms with E-state index in [1.54, 1.807) is 6.92 Å². The number of aliphatic carboxylic acids is 1. The van der Waals surface area contributed by atoms with Gasteiger partial charge in [0.2, 0.25) is 0 Å². The maximum atomic E-state index is 14.0. The minimum Gasteiger partial charge on any atom is -0.481 e. The molecule has 5 aliphatic rings. The second-order valence-corrected chi connectivity index (χ2v) is 14.1. The van der Waals surface area contributed by atoms with Crippen molar-refractivity contribution in [1.29, 1.82) is 0 Å². The van der Waals surface area contributed by atoms with Crippen molar-refractivity contribution in [3.8, 4) is 0 Å². The highest BCUT2D eigenvalue weighted by molar-refractivity contribution is 6.03. The van der Waals surface area contributed by atoms with E-state index in [0.29, 0.717) is 19.3 Å². The summed E-state index contributed by atoms with van der Waals surface area (Å²) in [5.41, 5.74) is -4.68. The number of hydrogen-bond donors (Lipinski definition) is 4. The molecular formula is C30H42O8. The van der Waals surface area contributed by atoms with E-state index >= 15 is 0 Å². The van der Waals surface area contributed by atoms with E-state index in [1.165, 1.54) is 19.9 Å². The number of Topliss-reactive ketones (excluding diaryl/α,β-unsaturated/α-hetero) is 1. The van der Waals surface area contributed by atoms with E-state index in [4.69, 9.17) is 4.74 Å². The van der Waals surface area contributed by atoms with E-state index in [2.05, 4.69) is 20.8 Å². The number of carboxylic acid groups (broad SMARTS) is 1. The maximum Gasteiger partial charge on any atom is 0.306 e. The van der Waals surface area contributed by atoms with E-state index in [-0.39, 0.29) is 47.0 Å². The first-order valence-electron chi connectivity index (χ1n) is 13.8. The predicted molar refractivity (Wildman–Crippen MR) is 138 cm³/mol. The molecule has 2 saturated carbocycles. The highest BCUT2D eigenvalue weighted by Gasteiger charge is 2.85. The summed E-state index contributed by atoms with van der Waals surface area (Å²) >= 11 is 0. The van der Waals surface area contributed by atoms with Crippen LogP contribution in [0.3, 0.4) is 0 Å². The molecule has 210 valence electrons. The topological polar surface area (TPSA) is 145 Å². The van der Waals surface area contributed by atoms with Crippen LogP contribution >= 0.6 is 0 Å². The Morgan fingerprint density at radius 3 is 2.42 bits per heavy atom. The van der Waals surface area contributed by atoms with Gasteiger partial charge in [-0.25, -0.2) is 0 Å². The second kappa shape index (κ2) is 7.87. The Bertz CT molecular complexity index is 1180. The van der Waals surface area contributed by atoms with Crippen LogP contribution in [0.5, 0.6) is 0 Å². The molecule has 0 radical (unpaired) electrons. The normalized spacial score (nSPS) is 46.8. The highest BCUT2D eigenvalue weighted by atomic mass is 16.6. The largest absolute Gasteiger partial charge is 0.481 e. The molecule has 38 heavy (non-hydrogen) atoms. The van der Waals surface area contributed by atoms with E-state index < -0.39 is 51.9 Å². The molecule has 0 bridgehead atoms. The van der Waals surface area contributed by atoms with Crippen LogP contribution in [0, 0.1) is 33.5 Å². The lowest BCUT2D eigenvalue weighted by Crippen LogP contribution is -2.66. The number of allylic oxidation sites excluding steroid dienone is 1. The molecule has 0 aromatic carbocycles. The Kier molecular flexibility index (Phi) is 5.73. The SMILES string of the molecule is CC(CC(=O)C[C@](C)(O)C1=CC(=O)[C@]2(C)[C@]1(C)[C@@H](O)C=C1[C@@]3(C)CC[C@H](O)C(C)(C)[C@@H]3C[C@H]3O[C@@]132)C(=O)O. The lowest BCUT2D eigenvalue weighted by molar-refractivity contribution is -0.146. The number of carbonyl (C=O) groups excluding carboxylic acids is 2. The number of aliphatic hydroxyl groups excluding tert-OH is 2. The lowest BCUT2D eigenvalue weighted by atomic mass is 9.40. The van der Waals surface area contributed by atoms with Gasteiger partial charge in [-0.05, 0) is 67.1 Å². The van der Waals surface area contributed by atoms with Gasteiger partial charge in [0.05, 0.1) is 35.2 Å². The Labute approximate surface area is 224 Å². The summed E-state index contributed by atoms with van der Waals surface area (Å²) in [5, 5.41) is 43.5. The lowest BCUT2D eigenvalue weighted by Gasteiger charge is -2.62. The van der Waals surface area contributed by atoms with Crippen LogP contribution in [-0.4, -0.2) is 67.5 Å². The van der Waals surface area contributed by atoms with Gasteiger partial charge in [0, 0.05) is 18.3 Å². The van der Waals surface area contributed by atoms with Gasteiger partial charge in [-0.3, -0.25) is 14.4 Å². The molecular weight excluding hydrogens is 488 g/mol. The van der Waals surface area contributed by atoms with E-state index in [0.717, 1.165) is 5.57 Å². The van der Waals surface area contributed by atoms with Crippen LogP contribution in [0.1, 0.15) is 80.6 Å². The number of ether oxygens (including phenoxy) is 1. The quantitative estimate of drug-likeness (QED) is 0.303. The fourth-order valence-electron chi connectivity index (χ4n) is 9.22. The first kappa shape index (κ1) is 27.7. The average Bonchev–Trinajstić information content (AvgIpc) is 3.48. The van der Waals surface area contributed by atoms with Gasteiger partial charge in [0.25, 0.3) is 0 Å². The zero-order chi connectivity index (χ0) is 28.4. The van der Waals surface area contributed by atoms with Crippen molar-refractivity contribution >= 4 is 17.5 Å². The Morgan fingerprint density at radius 2 is 1.82 bits per heavy atom. The van der Waals surface area contributed by atoms with Crippen LogP contribution in [0.2, 0.25) is 0 Å². The number of aliphatic hydroxyl groups is 3. The smallest absolute Gasteiger partial charge is 0.306 e. The van der Waals surface area contributed by atoms with Gasteiger partial charge in [0.15, 0.2) is 5.78 Å². The maximum absolute atomic E-state index is 14.0. The number of fused-ring (bicyclic) bond motifs is 3. The summed E-state index contributed by atoms with van der Waals surface area (Å²) in [7, 11) is 0. The van der Waals surface area contributed by atoms with Crippen molar-refractivity contribution in [2.75, 3.05) is 0 Å². The van der Waals surface area contributed by atoms with E-state index in [9.17, 15) is 34.8 Å². The fraction of sp³-hybridized carbons (Fsp3) is 0.767. The molecule has 0 aromatic heterocycles. The molecule has 1 unspecified atom stereocenters. The molecule has 1 heterocycles. The Hall–Kier alpha value is -1.87. The van der Waals surface area contributed by atoms with Crippen LogP contribution in [0.15, 0.2) is 23.3 Å². The number of ketones is 2. The molecule has 0 amide bonds. The minimum atomic E-state index is -1.76. The molecule has 8 nitrogen and oxygen atoms in total. The van der Waals surface area contributed by atoms with Crippen LogP contribution in [0.4, 0.5) is 0 Å². The Balaban J connectivity index is 1.56. The molecule has 4 N–H and O–H groups in total. The molecule has 3 fully saturated rings. The molecule has 8 heteroatoms. The third kappa shape index (κ3) is 3.09. The predicted octanol–water partition coefficient (Wildman–Crippen LogP) is 2.97. The molecule has 5 rings (SSSR count). The summed E-state index contributed by atoms with van der Waals surface area (Å²) in [4.78, 5) is 38.0. The first-order chi connectivity index (χ1) is 17.3. The van der Waals surface area contributed by atoms with Crippen molar-refractivity contribution in [2.24, 2.45) is 33.5 Å². The standard InChI is InChI=1S/C30H42O8/c1-15(24(35)36)10-16(31)14-27(5,37)19-12-22(34)29(7)28(19,6)21(33)11-18-26(4)9-8-20(32)25(2,3)17(26)13-23-30(18,29)38-23/h11-12,15,17,20-21,23,32-33,37H,8-10,13-14H2,1-7H3,(H,35,36)/t15?,17-,20-,21-,23+,26-,27-,28-,29+,30-/m0/s1. The molecule has 4 aliphatic carbocycles. The van der Waals surface area contributed by atoms with Gasteiger partial charge in [0.1, 0.15) is 11.4 Å². The molecule has 1 saturated heterocycles. The van der Waals surface area contributed by atoms with Gasteiger partial charge < -0.3 is 25.2 Å². The number of carboxylic acids is 1. The van der Waals surface area contributed by atoms with Gasteiger partial charge >= 0.3 is 5.97 Å². The molecule has 1 spiro atoms. The fourth-order valence-corrected chi connectivity index (χ4v) is 9.22. The molecule has 0 aromatic rings. The summed E-state index contributed by atoms with van der Waals surface area (Å²) in [6.45, 7) is 12.8. The van der Waals surface area contributed by atoms with E-state index in [1.807, 2.05) is 13.0 Å². The number of hydrogen-bond acceptors (Lipinski definition) is 7. The van der Waals surface area contributed by atoms with Gasteiger partial charge in [-0.2, -0.15) is 0 Å².